The summed E-state index contributed by atoms with van der Waals surface area (Å²) < 4.78 is 0. The lowest BCUT2D eigenvalue weighted by Gasteiger charge is -2.17. The van der Waals surface area contributed by atoms with Crippen LogP contribution in [0.1, 0.15) is 5.56 Å². The molecule has 0 radical (unpaired) electrons. The van der Waals surface area contributed by atoms with Crippen LogP contribution in [0.5, 0.6) is 11.5 Å². The maximum absolute atomic E-state index is 11.2. The van der Waals surface area contributed by atoms with Crippen molar-refractivity contribution in [3.63, 3.8) is 0 Å². The summed E-state index contributed by atoms with van der Waals surface area (Å²) in [5, 5.41) is 24.0. The summed E-state index contributed by atoms with van der Waals surface area (Å²) in [4.78, 5) is 10.2. The normalized spacial score (nSPS) is 11.2. The number of aromatic nitrogens is 2. The third-order valence-electron chi connectivity index (χ3n) is 6.37. The van der Waals surface area contributed by atoms with Gasteiger partial charge in [0.1, 0.15) is 17.0 Å². The third kappa shape index (κ3) is 3.47. The van der Waals surface area contributed by atoms with E-state index < -0.39 is 0 Å². The van der Waals surface area contributed by atoms with E-state index in [1.807, 2.05) is 97.9 Å². The molecular formula is C31H22N2O2. The highest BCUT2D eigenvalue weighted by atomic mass is 16.3. The van der Waals surface area contributed by atoms with E-state index in [0.29, 0.717) is 22.2 Å². The molecule has 5 aromatic carbocycles. The first-order chi connectivity index (χ1) is 17.1. The van der Waals surface area contributed by atoms with E-state index in [9.17, 15) is 10.2 Å². The van der Waals surface area contributed by atoms with E-state index in [-0.39, 0.29) is 11.5 Å². The quantitative estimate of drug-likeness (QED) is 0.290. The van der Waals surface area contributed by atoms with Gasteiger partial charge in [0.15, 0.2) is 0 Å². The van der Waals surface area contributed by atoms with Gasteiger partial charge in [-0.3, -0.25) is 0 Å². The number of hydrogen-bond donors (Lipinski definition) is 2. The molecular weight excluding hydrogens is 432 g/mol. The first-order valence-electron chi connectivity index (χ1n) is 11.5. The summed E-state index contributed by atoms with van der Waals surface area (Å²) >= 11 is 0. The van der Waals surface area contributed by atoms with Crippen LogP contribution in [0.3, 0.4) is 0 Å². The summed E-state index contributed by atoms with van der Waals surface area (Å²) in [6.45, 7) is 1.92. The number of nitrogens with zero attached hydrogens (tertiary/aromatic N) is 2. The molecule has 1 aromatic heterocycles. The predicted octanol–water partition coefficient (Wildman–Crippen LogP) is 7.50. The van der Waals surface area contributed by atoms with Gasteiger partial charge in [-0.2, -0.15) is 0 Å². The molecule has 35 heavy (non-hydrogen) atoms. The largest absolute Gasteiger partial charge is 0.507 e. The Morgan fingerprint density at radius 1 is 0.543 bits per heavy atom. The molecule has 0 spiro atoms. The SMILES string of the molecule is Cc1cc(O)c(-c2c(O)ccc3ccccc23)c2nc(-c3ccccc3)c(-c3ccccc3)nc12. The van der Waals surface area contributed by atoms with Crippen molar-refractivity contribution in [2.75, 3.05) is 0 Å². The van der Waals surface area contributed by atoms with E-state index in [4.69, 9.17) is 9.97 Å². The maximum atomic E-state index is 11.2. The zero-order chi connectivity index (χ0) is 23.9. The van der Waals surface area contributed by atoms with Crippen LogP contribution < -0.4 is 0 Å². The van der Waals surface area contributed by atoms with Crippen molar-refractivity contribution in [3.8, 4) is 45.1 Å². The van der Waals surface area contributed by atoms with Crippen LogP contribution in [0.25, 0.3) is 55.4 Å². The number of phenolic OH excluding ortho intramolecular Hbond substituents is 2. The molecule has 0 fully saturated rings. The minimum Gasteiger partial charge on any atom is -0.507 e. The van der Waals surface area contributed by atoms with Crippen molar-refractivity contribution in [2.24, 2.45) is 0 Å². The average Bonchev–Trinajstić information content (AvgIpc) is 2.90. The predicted molar refractivity (Wildman–Crippen MR) is 141 cm³/mol. The number of hydrogen-bond acceptors (Lipinski definition) is 4. The molecule has 0 unspecified atom stereocenters. The van der Waals surface area contributed by atoms with Crippen LogP contribution in [0.2, 0.25) is 0 Å². The molecule has 0 aliphatic carbocycles. The Labute approximate surface area is 202 Å². The number of aromatic hydroxyl groups is 2. The molecule has 2 N–H and O–H groups in total. The molecule has 0 amide bonds. The lowest BCUT2D eigenvalue weighted by atomic mass is 9.93. The second kappa shape index (κ2) is 8.26. The zero-order valence-electron chi connectivity index (χ0n) is 19.1. The van der Waals surface area contributed by atoms with Gasteiger partial charge in [0.25, 0.3) is 0 Å². The minimum atomic E-state index is 0.0578. The van der Waals surface area contributed by atoms with Gasteiger partial charge in [0, 0.05) is 16.7 Å². The monoisotopic (exact) mass is 454 g/mol. The van der Waals surface area contributed by atoms with Crippen molar-refractivity contribution < 1.29 is 10.2 Å². The molecule has 4 heteroatoms. The zero-order valence-corrected chi connectivity index (χ0v) is 19.1. The molecule has 0 saturated heterocycles. The Balaban J connectivity index is 1.77. The third-order valence-corrected chi connectivity index (χ3v) is 6.37. The molecule has 168 valence electrons. The van der Waals surface area contributed by atoms with E-state index in [1.165, 1.54) is 0 Å². The van der Waals surface area contributed by atoms with Crippen LogP contribution in [-0.2, 0) is 0 Å². The summed E-state index contributed by atoms with van der Waals surface area (Å²) in [6, 6.07) is 33.0. The van der Waals surface area contributed by atoms with Gasteiger partial charge in [0.2, 0.25) is 0 Å². The number of rotatable bonds is 3. The lowest BCUT2D eigenvalue weighted by Crippen LogP contribution is -1.99. The number of benzene rings is 5. The van der Waals surface area contributed by atoms with Gasteiger partial charge in [-0.15, -0.1) is 0 Å². The average molecular weight is 455 g/mol. The highest BCUT2D eigenvalue weighted by Gasteiger charge is 2.22. The fourth-order valence-corrected chi connectivity index (χ4v) is 4.72. The van der Waals surface area contributed by atoms with Gasteiger partial charge >= 0.3 is 0 Å². The van der Waals surface area contributed by atoms with E-state index >= 15 is 0 Å². The fraction of sp³-hybridized carbons (Fsp3) is 0.0323. The number of fused-ring (bicyclic) bond motifs is 2. The molecule has 6 rings (SSSR count). The smallest absolute Gasteiger partial charge is 0.126 e. The molecule has 0 bridgehead atoms. The van der Waals surface area contributed by atoms with Crippen molar-refractivity contribution in [1.29, 1.82) is 0 Å². The van der Waals surface area contributed by atoms with E-state index in [2.05, 4.69) is 0 Å². The van der Waals surface area contributed by atoms with Crippen LogP contribution in [-0.4, -0.2) is 20.2 Å². The maximum Gasteiger partial charge on any atom is 0.126 e. The Morgan fingerprint density at radius 2 is 1.11 bits per heavy atom. The molecule has 6 aromatic rings. The van der Waals surface area contributed by atoms with Crippen LogP contribution in [0, 0.1) is 6.92 Å². The second-order valence-corrected chi connectivity index (χ2v) is 8.62. The van der Waals surface area contributed by atoms with Gasteiger partial charge in [-0.25, -0.2) is 9.97 Å². The molecule has 0 atom stereocenters. The Morgan fingerprint density at radius 3 is 1.77 bits per heavy atom. The summed E-state index contributed by atoms with van der Waals surface area (Å²) in [7, 11) is 0. The highest BCUT2D eigenvalue weighted by Crippen LogP contribution is 2.45. The topological polar surface area (TPSA) is 66.2 Å². The molecule has 4 nitrogen and oxygen atoms in total. The summed E-state index contributed by atoms with van der Waals surface area (Å²) in [6.07, 6.45) is 0. The first kappa shape index (κ1) is 20.9. The van der Waals surface area contributed by atoms with Gasteiger partial charge in [-0.05, 0) is 35.4 Å². The van der Waals surface area contributed by atoms with Crippen LogP contribution in [0.15, 0.2) is 103 Å². The number of aryl methyl sites for hydroxylation is 1. The van der Waals surface area contributed by atoms with Crippen LogP contribution >= 0.6 is 0 Å². The highest BCUT2D eigenvalue weighted by molar-refractivity contribution is 6.09. The Kier molecular flexibility index (Phi) is 4.93. The Bertz CT molecular complexity index is 1710. The summed E-state index contributed by atoms with van der Waals surface area (Å²) in [5.41, 5.74) is 6.44. The van der Waals surface area contributed by atoms with Crippen LogP contribution in [0.4, 0.5) is 0 Å². The van der Waals surface area contributed by atoms with Gasteiger partial charge in [0.05, 0.1) is 22.5 Å². The number of phenols is 2. The van der Waals surface area contributed by atoms with Crippen molar-refractivity contribution in [3.05, 3.63) is 109 Å². The van der Waals surface area contributed by atoms with Crippen molar-refractivity contribution in [2.45, 2.75) is 6.92 Å². The van der Waals surface area contributed by atoms with Gasteiger partial charge in [-0.1, -0.05) is 91.0 Å². The molecule has 1 heterocycles. The van der Waals surface area contributed by atoms with Crippen molar-refractivity contribution in [1.82, 2.24) is 9.97 Å². The molecule has 0 aliphatic rings. The second-order valence-electron chi connectivity index (χ2n) is 8.62. The Hall–Kier alpha value is -4.70. The molecule has 0 aliphatic heterocycles. The summed E-state index contributed by atoms with van der Waals surface area (Å²) in [5.74, 6) is 0.141. The van der Waals surface area contributed by atoms with E-state index in [1.54, 1.807) is 12.1 Å². The first-order valence-corrected chi connectivity index (χ1v) is 11.5. The fourth-order valence-electron chi connectivity index (χ4n) is 4.72. The van der Waals surface area contributed by atoms with Crippen molar-refractivity contribution >= 4 is 21.8 Å². The molecule has 0 saturated carbocycles. The van der Waals surface area contributed by atoms with Gasteiger partial charge < -0.3 is 10.2 Å². The lowest BCUT2D eigenvalue weighted by molar-refractivity contribution is 0.470. The minimum absolute atomic E-state index is 0.0578. The standard InChI is InChI=1S/C31H22N2O2/c1-19-18-25(35)27(26-23-15-9-8-10-20(23)16-17-24(26)34)31-28(19)32-29(21-11-4-2-5-12-21)30(33-31)22-13-6-3-7-14-22/h2-18,34-35H,1H3. The van der Waals surface area contributed by atoms with E-state index in [0.717, 1.165) is 38.9 Å².